The Morgan fingerprint density at radius 2 is 1.85 bits per heavy atom. The van der Waals surface area contributed by atoms with E-state index in [1.807, 2.05) is 0 Å². The number of likely N-dealkylation sites (N-methyl/N-ethyl adjacent to an activating group) is 1. The summed E-state index contributed by atoms with van der Waals surface area (Å²) in [6.07, 6.45) is 5.40. The Hall–Kier alpha value is -1.55. The van der Waals surface area contributed by atoms with Crippen LogP contribution in [0.5, 0.6) is 0 Å². The molecule has 0 radical (unpaired) electrons. The molecule has 0 atom stereocenters. The molecule has 2 amide bonds. The average molecular weight is 295 g/mol. The minimum atomic E-state index is -0.633. The lowest BCUT2D eigenvalue weighted by molar-refractivity contribution is -0.144. The van der Waals surface area contributed by atoms with E-state index in [0.717, 1.165) is 25.7 Å². The van der Waals surface area contributed by atoms with Crippen LogP contribution < -0.4 is 5.32 Å². The van der Waals surface area contributed by atoms with Crippen molar-refractivity contribution in [1.29, 1.82) is 0 Å². The second kappa shape index (κ2) is 6.75. The molecule has 1 aromatic carbocycles. The van der Waals surface area contributed by atoms with Gasteiger partial charge in [-0.1, -0.05) is 43.0 Å². The van der Waals surface area contributed by atoms with Crippen molar-refractivity contribution < 1.29 is 9.59 Å². The molecule has 1 aromatic rings. The van der Waals surface area contributed by atoms with Gasteiger partial charge < -0.3 is 10.2 Å². The highest BCUT2D eigenvalue weighted by atomic mass is 35.5. The molecule has 0 aromatic heterocycles. The Bertz CT molecular complexity index is 498. The van der Waals surface area contributed by atoms with E-state index in [1.54, 1.807) is 36.2 Å². The molecule has 1 saturated carbocycles. The third-order valence-corrected chi connectivity index (χ3v) is 4.09. The van der Waals surface area contributed by atoms with E-state index in [2.05, 4.69) is 5.32 Å². The van der Waals surface area contributed by atoms with Crippen molar-refractivity contribution in [2.45, 2.75) is 38.1 Å². The van der Waals surface area contributed by atoms with Gasteiger partial charge in [0.1, 0.15) is 0 Å². The highest BCUT2D eigenvalue weighted by Gasteiger charge is 2.26. The van der Waals surface area contributed by atoms with Crippen molar-refractivity contribution in [1.82, 2.24) is 4.90 Å². The van der Waals surface area contributed by atoms with Gasteiger partial charge in [0, 0.05) is 13.1 Å². The van der Waals surface area contributed by atoms with E-state index >= 15 is 0 Å². The number of anilines is 1. The molecule has 0 unspecified atom stereocenters. The molecule has 4 nitrogen and oxygen atoms in total. The number of carbonyl (C=O) groups excluding carboxylic acids is 2. The molecule has 1 fully saturated rings. The maximum atomic E-state index is 12.1. The highest BCUT2D eigenvalue weighted by molar-refractivity contribution is 6.41. The minimum absolute atomic E-state index is 0.174. The molecule has 0 spiro atoms. The van der Waals surface area contributed by atoms with E-state index in [4.69, 9.17) is 11.6 Å². The third-order valence-electron chi connectivity index (χ3n) is 3.76. The van der Waals surface area contributed by atoms with Crippen LogP contribution in [0.25, 0.3) is 0 Å². The summed E-state index contributed by atoms with van der Waals surface area (Å²) in [5.74, 6) is -1.14. The summed E-state index contributed by atoms with van der Waals surface area (Å²) in [4.78, 5) is 25.7. The van der Waals surface area contributed by atoms with Crippen LogP contribution >= 0.6 is 11.6 Å². The van der Waals surface area contributed by atoms with Crippen LogP contribution in [0.4, 0.5) is 5.69 Å². The molecule has 1 N–H and O–H groups in total. The monoisotopic (exact) mass is 294 g/mol. The predicted molar refractivity (Wildman–Crippen MR) is 79.7 cm³/mol. The van der Waals surface area contributed by atoms with E-state index in [-0.39, 0.29) is 6.04 Å². The van der Waals surface area contributed by atoms with Crippen molar-refractivity contribution in [2.75, 3.05) is 12.4 Å². The molecule has 0 bridgehead atoms. The number of halogens is 1. The lowest BCUT2D eigenvalue weighted by Gasteiger charge is -2.30. The number of para-hydroxylation sites is 1. The van der Waals surface area contributed by atoms with Crippen LogP contribution in [0, 0.1) is 0 Å². The first kappa shape index (κ1) is 14.9. The van der Waals surface area contributed by atoms with Gasteiger partial charge in [0.05, 0.1) is 10.7 Å². The van der Waals surface area contributed by atoms with Gasteiger partial charge >= 0.3 is 11.8 Å². The zero-order valence-electron chi connectivity index (χ0n) is 11.6. The van der Waals surface area contributed by atoms with Crippen LogP contribution in [0.1, 0.15) is 32.1 Å². The molecular weight excluding hydrogens is 276 g/mol. The van der Waals surface area contributed by atoms with E-state index in [1.165, 1.54) is 6.42 Å². The van der Waals surface area contributed by atoms with Crippen molar-refractivity contribution in [3.8, 4) is 0 Å². The van der Waals surface area contributed by atoms with E-state index in [9.17, 15) is 9.59 Å². The van der Waals surface area contributed by atoms with Crippen LogP contribution in [0.3, 0.4) is 0 Å². The normalized spacial score (nSPS) is 15.7. The second-order valence-electron chi connectivity index (χ2n) is 5.14. The summed E-state index contributed by atoms with van der Waals surface area (Å²) in [5.41, 5.74) is 0.463. The summed E-state index contributed by atoms with van der Waals surface area (Å²) in [5, 5.41) is 2.99. The molecule has 5 heteroatoms. The number of hydrogen-bond donors (Lipinski definition) is 1. The molecule has 0 aliphatic heterocycles. The van der Waals surface area contributed by atoms with E-state index in [0.29, 0.717) is 10.7 Å². The van der Waals surface area contributed by atoms with Crippen molar-refractivity contribution in [3.05, 3.63) is 29.3 Å². The molecule has 1 aliphatic carbocycles. The largest absolute Gasteiger partial charge is 0.335 e. The molecule has 0 heterocycles. The van der Waals surface area contributed by atoms with Crippen molar-refractivity contribution in [2.24, 2.45) is 0 Å². The van der Waals surface area contributed by atoms with Crippen LogP contribution in [-0.4, -0.2) is 29.8 Å². The van der Waals surface area contributed by atoms with Gasteiger partial charge in [-0.05, 0) is 25.0 Å². The lowest BCUT2D eigenvalue weighted by atomic mass is 9.94. The first-order valence-electron chi connectivity index (χ1n) is 6.92. The fraction of sp³-hybridized carbons (Fsp3) is 0.467. The van der Waals surface area contributed by atoms with Gasteiger partial charge in [-0.25, -0.2) is 0 Å². The van der Waals surface area contributed by atoms with Gasteiger partial charge in [-0.15, -0.1) is 0 Å². The maximum absolute atomic E-state index is 12.1. The fourth-order valence-electron chi connectivity index (χ4n) is 2.53. The zero-order valence-corrected chi connectivity index (χ0v) is 12.3. The number of amides is 2. The molecular formula is C15H19ClN2O2. The second-order valence-corrected chi connectivity index (χ2v) is 5.55. The molecule has 20 heavy (non-hydrogen) atoms. The number of nitrogens with zero attached hydrogens (tertiary/aromatic N) is 1. The Morgan fingerprint density at radius 1 is 1.20 bits per heavy atom. The summed E-state index contributed by atoms with van der Waals surface area (Å²) in [6.45, 7) is 0. The third kappa shape index (κ3) is 3.51. The van der Waals surface area contributed by atoms with Crippen LogP contribution in [-0.2, 0) is 9.59 Å². The fourth-order valence-corrected chi connectivity index (χ4v) is 2.72. The molecule has 108 valence electrons. The first-order valence-corrected chi connectivity index (χ1v) is 7.30. The summed E-state index contributed by atoms with van der Waals surface area (Å²) in [6, 6.07) is 7.05. The summed E-state index contributed by atoms with van der Waals surface area (Å²) >= 11 is 5.96. The Kier molecular flexibility index (Phi) is 5.01. The summed E-state index contributed by atoms with van der Waals surface area (Å²) in [7, 11) is 1.70. The summed E-state index contributed by atoms with van der Waals surface area (Å²) < 4.78 is 0. The smallest absolute Gasteiger partial charge is 0.313 e. The predicted octanol–water partition coefficient (Wildman–Crippen LogP) is 3.07. The standard InChI is InChI=1S/C15H19ClN2O2/c1-18(11-7-3-2-4-8-11)15(20)14(19)17-13-10-6-5-9-12(13)16/h5-6,9-11H,2-4,7-8H2,1H3,(H,17,19). The first-order chi connectivity index (χ1) is 9.59. The van der Waals surface area contributed by atoms with Gasteiger partial charge in [0.2, 0.25) is 0 Å². The SMILES string of the molecule is CN(C(=O)C(=O)Nc1ccccc1Cl)C1CCCCC1. The Labute approximate surface area is 124 Å². The van der Waals surface area contributed by atoms with E-state index < -0.39 is 11.8 Å². The molecule has 1 aliphatic rings. The van der Waals surface area contributed by atoms with Crippen LogP contribution in [0.15, 0.2) is 24.3 Å². The number of nitrogens with one attached hydrogen (secondary N) is 1. The average Bonchev–Trinajstić information content (AvgIpc) is 2.49. The maximum Gasteiger partial charge on any atom is 0.313 e. The topological polar surface area (TPSA) is 49.4 Å². The minimum Gasteiger partial charge on any atom is -0.335 e. The zero-order chi connectivity index (χ0) is 14.5. The van der Waals surface area contributed by atoms with Crippen molar-refractivity contribution in [3.63, 3.8) is 0 Å². The Balaban J connectivity index is 1.98. The number of benzene rings is 1. The van der Waals surface area contributed by atoms with Crippen molar-refractivity contribution >= 4 is 29.1 Å². The number of rotatable bonds is 2. The van der Waals surface area contributed by atoms with Gasteiger partial charge in [0.15, 0.2) is 0 Å². The highest BCUT2D eigenvalue weighted by Crippen LogP contribution is 2.23. The molecule has 0 saturated heterocycles. The quantitative estimate of drug-likeness (QED) is 0.852. The molecule has 2 rings (SSSR count). The van der Waals surface area contributed by atoms with Crippen LogP contribution in [0.2, 0.25) is 5.02 Å². The van der Waals surface area contributed by atoms with Gasteiger partial charge in [-0.2, -0.15) is 0 Å². The Morgan fingerprint density at radius 3 is 2.50 bits per heavy atom. The number of carbonyl (C=O) groups is 2. The lowest BCUT2D eigenvalue weighted by Crippen LogP contribution is -2.44. The van der Waals surface area contributed by atoms with Gasteiger partial charge in [0.25, 0.3) is 0 Å². The van der Waals surface area contributed by atoms with Gasteiger partial charge in [-0.3, -0.25) is 9.59 Å². The number of hydrogen-bond acceptors (Lipinski definition) is 2.